The van der Waals surface area contributed by atoms with Gasteiger partial charge in [0.05, 0.1) is 34.4 Å². The van der Waals surface area contributed by atoms with E-state index in [-0.39, 0.29) is 30.0 Å². The van der Waals surface area contributed by atoms with Crippen LogP contribution in [-0.2, 0) is 37.6 Å². The van der Waals surface area contributed by atoms with Crippen molar-refractivity contribution in [2.45, 2.75) is 37.7 Å². The molecule has 3 heterocycles. The van der Waals surface area contributed by atoms with Crippen molar-refractivity contribution >= 4 is 38.0 Å². The van der Waals surface area contributed by atoms with Crippen LogP contribution in [0.1, 0.15) is 41.7 Å². The lowest BCUT2D eigenvalue weighted by Crippen LogP contribution is -2.23. The van der Waals surface area contributed by atoms with Gasteiger partial charge in [-0.2, -0.15) is 0 Å². The zero-order valence-corrected chi connectivity index (χ0v) is 40.0. The second kappa shape index (κ2) is 16.9. The summed E-state index contributed by atoms with van der Waals surface area (Å²) in [5.74, 6) is 1.76. The Labute approximate surface area is 399 Å². The average molecular weight is 963 g/mol. The molecule has 0 N–H and O–H groups in total. The summed E-state index contributed by atoms with van der Waals surface area (Å²) < 4.78 is 77.5. The molecule has 10 nitrogen and oxygen atoms in total. The Bertz CT molecular complexity index is 3530. The first-order chi connectivity index (χ1) is 33.4. The Morgan fingerprint density at radius 1 is 0.435 bits per heavy atom. The van der Waals surface area contributed by atoms with Gasteiger partial charge in [0.25, 0.3) is 34.6 Å². The highest BCUT2D eigenvalue weighted by Gasteiger charge is 2.42. The predicted octanol–water partition coefficient (Wildman–Crippen LogP) is 13.2. The fraction of sp³-hybridized carbons (Fsp3) is 0.107. The quantitative estimate of drug-likeness (QED) is 0.0959. The van der Waals surface area contributed by atoms with Crippen molar-refractivity contribution in [3.63, 3.8) is 0 Å². The molecule has 0 amide bonds. The molecule has 0 aliphatic carbocycles. The molecule has 0 saturated heterocycles. The fourth-order valence-corrected chi connectivity index (χ4v) is 17.0. The second-order valence-electron chi connectivity index (χ2n) is 17.8. The summed E-state index contributed by atoms with van der Waals surface area (Å²) in [6.07, 6.45) is 3.21. The molecule has 69 heavy (non-hydrogen) atoms. The number of benzene rings is 8. The van der Waals surface area contributed by atoms with Crippen molar-refractivity contribution < 1.29 is 36.7 Å². The standard InChI is InChI=1S/C56H41N2O8P3/c1-56(2,40-27-28-48(62-35-57)37(29-40)32-67(59)52-24-12-6-18-45(52)42-15-3-9-21-49(42)64-67)41-30-38(33-68(60)53-25-13-7-19-46(53)43-16-4-10-22-50(43)65-68)55(63-36-58)39(31-41)34-69(61)54-26-14-8-20-47(54)44-17-5-11-23-51(44)66-69/h3-31H,32-34H2,1-2H3. The molecule has 13 heteroatoms. The molecule has 0 fully saturated rings. The van der Waals surface area contributed by atoms with Crippen molar-refractivity contribution in [1.82, 2.24) is 0 Å². The Kier molecular flexibility index (Phi) is 10.8. The van der Waals surface area contributed by atoms with Crippen LogP contribution in [0.25, 0.3) is 33.4 Å². The summed E-state index contributed by atoms with van der Waals surface area (Å²) in [6.45, 7) is 4.01. The number of fused-ring (bicyclic) bond motifs is 9. The van der Waals surface area contributed by atoms with Crippen LogP contribution >= 0.6 is 22.1 Å². The maximum absolute atomic E-state index is 15.6. The van der Waals surface area contributed by atoms with E-state index in [0.717, 1.165) is 38.9 Å². The number of rotatable bonds is 10. The number of hydrogen-bond acceptors (Lipinski definition) is 10. The highest BCUT2D eigenvalue weighted by molar-refractivity contribution is 7.67. The molecule has 3 aliphatic heterocycles. The first-order valence-electron chi connectivity index (χ1n) is 22.3. The molecule has 0 radical (unpaired) electrons. The van der Waals surface area contributed by atoms with Gasteiger partial charge in [0.1, 0.15) is 28.7 Å². The van der Waals surface area contributed by atoms with Crippen LogP contribution in [0.2, 0.25) is 0 Å². The molecule has 0 saturated carbocycles. The van der Waals surface area contributed by atoms with Gasteiger partial charge in [0, 0.05) is 38.8 Å². The lowest BCUT2D eigenvalue weighted by Gasteiger charge is -2.33. The normalized spacial score (nSPS) is 19.1. The minimum absolute atomic E-state index is 0.0897. The minimum atomic E-state index is -3.81. The van der Waals surface area contributed by atoms with Crippen molar-refractivity contribution in [2.75, 3.05) is 0 Å². The third-order valence-electron chi connectivity index (χ3n) is 13.3. The molecule has 3 aliphatic rings. The third-order valence-corrected chi connectivity index (χ3v) is 20.4. The molecule has 0 aromatic heterocycles. The largest absolute Gasteiger partial charge is 0.439 e. The minimum Gasteiger partial charge on any atom is -0.439 e. The van der Waals surface area contributed by atoms with E-state index >= 15 is 13.7 Å². The Morgan fingerprint density at radius 3 is 1.19 bits per heavy atom. The van der Waals surface area contributed by atoms with Crippen molar-refractivity contribution in [3.8, 4) is 74.6 Å². The van der Waals surface area contributed by atoms with E-state index in [4.69, 9.17) is 23.0 Å². The predicted molar refractivity (Wildman–Crippen MR) is 268 cm³/mol. The summed E-state index contributed by atoms with van der Waals surface area (Å²) >= 11 is 0. The molecular weight excluding hydrogens is 922 g/mol. The number of ether oxygens (including phenoxy) is 2. The van der Waals surface area contributed by atoms with Gasteiger partial charge in [-0.05, 0) is 70.3 Å². The first-order valence-corrected chi connectivity index (χ1v) is 27.7. The highest BCUT2D eigenvalue weighted by Crippen LogP contribution is 2.61. The van der Waals surface area contributed by atoms with Crippen molar-refractivity contribution in [1.29, 1.82) is 10.5 Å². The van der Waals surface area contributed by atoms with Crippen LogP contribution < -0.4 is 39.0 Å². The number of nitriles is 2. The lowest BCUT2D eigenvalue weighted by molar-refractivity contribution is 0.476. The third kappa shape index (κ3) is 7.54. The lowest BCUT2D eigenvalue weighted by atomic mass is 9.76. The number of para-hydroxylation sites is 3. The second-order valence-corrected chi connectivity index (χ2v) is 24.7. The molecule has 8 aromatic rings. The summed E-state index contributed by atoms with van der Waals surface area (Å²) in [5, 5.41) is 21.7. The maximum atomic E-state index is 15.6. The molecular formula is C56H41N2O8P3. The molecule has 3 unspecified atom stereocenters. The van der Waals surface area contributed by atoms with Crippen molar-refractivity contribution in [2.24, 2.45) is 0 Å². The molecule has 11 rings (SSSR count). The van der Waals surface area contributed by atoms with Crippen LogP contribution in [0, 0.1) is 23.0 Å². The van der Waals surface area contributed by atoms with E-state index in [0.29, 0.717) is 55.4 Å². The van der Waals surface area contributed by atoms with Crippen LogP contribution in [0.15, 0.2) is 176 Å². The van der Waals surface area contributed by atoms with E-state index in [1.165, 1.54) is 0 Å². The molecule has 8 aromatic carbocycles. The molecule has 338 valence electrons. The van der Waals surface area contributed by atoms with Gasteiger partial charge in [-0.15, -0.1) is 10.5 Å². The summed E-state index contributed by atoms with van der Waals surface area (Å²) in [7, 11) is -11.3. The van der Waals surface area contributed by atoms with Crippen LogP contribution in [0.3, 0.4) is 0 Å². The highest BCUT2D eigenvalue weighted by atomic mass is 31.2. The number of nitrogens with zero attached hydrogens (tertiary/aromatic N) is 2. The first kappa shape index (κ1) is 44.0. The Balaban J connectivity index is 1.07. The van der Waals surface area contributed by atoms with Gasteiger partial charge >= 0.3 is 0 Å². The van der Waals surface area contributed by atoms with E-state index in [1.54, 1.807) is 42.7 Å². The fourth-order valence-electron chi connectivity index (χ4n) is 9.89. The van der Waals surface area contributed by atoms with Gasteiger partial charge in [0.15, 0.2) is 0 Å². The summed E-state index contributed by atoms with van der Waals surface area (Å²) in [6, 6.07) is 53.9. The van der Waals surface area contributed by atoms with Crippen LogP contribution in [0.5, 0.6) is 28.7 Å². The number of hydrogen-bond donors (Lipinski definition) is 0. The summed E-state index contributed by atoms with van der Waals surface area (Å²) in [5.41, 5.74) is 6.59. The van der Waals surface area contributed by atoms with Crippen LogP contribution in [-0.4, -0.2) is 0 Å². The van der Waals surface area contributed by atoms with E-state index in [2.05, 4.69) is 0 Å². The van der Waals surface area contributed by atoms with E-state index in [1.807, 2.05) is 160 Å². The molecule has 3 atom stereocenters. The average Bonchev–Trinajstić information content (AvgIpc) is 3.35. The topological polar surface area (TPSA) is 145 Å². The van der Waals surface area contributed by atoms with Crippen molar-refractivity contribution in [3.05, 3.63) is 204 Å². The zero-order valence-electron chi connectivity index (χ0n) is 37.4. The molecule has 0 bridgehead atoms. The monoisotopic (exact) mass is 962 g/mol. The van der Waals surface area contributed by atoms with Gasteiger partial charge in [-0.25, -0.2) is 0 Å². The van der Waals surface area contributed by atoms with Gasteiger partial charge in [-0.3, -0.25) is 13.7 Å². The maximum Gasteiger partial charge on any atom is 0.292 e. The smallest absolute Gasteiger partial charge is 0.292 e. The van der Waals surface area contributed by atoms with Crippen LogP contribution in [0.4, 0.5) is 0 Å². The van der Waals surface area contributed by atoms with E-state index < -0.39 is 27.5 Å². The van der Waals surface area contributed by atoms with Gasteiger partial charge in [0.2, 0.25) is 0 Å². The van der Waals surface area contributed by atoms with Gasteiger partial charge in [-0.1, -0.05) is 147 Å². The Hall–Kier alpha value is -7.57. The summed E-state index contributed by atoms with van der Waals surface area (Å²) in [4.78, 5) is 0. The zero-order chi connectivity index (χ0) is 47.5. The van der Waals surface area contributed by atoms with Gasteiger partial charge < -0.3 is 23.0 Å². The molecule has 0 spiro atoms. The SMILES string of the molecule is CC(C)(c1ccc(OC#N)c(CP2(=O)Oc3ccccc3-c3ccccc32)c1)c1cc(CP2(=O)Oc3ccccc3-c3ccccc32)c(OC#N)c(CP2(=O)Oc3ccccc3-c3ccccc32)c1. The van der Waals surface area contributed by atoms with E-state index in [9.17, 15) is 10.5 Å². The Morgan fingerprint density at radius 2 is 0.783 bits per heavy atom.